The summed E-state index contributed by atoms with van der Waals surface area (Å²) in [4.78, 5) is 4.26. The van der Waals surface area contributed by atoms with Crippen molar-refractivity contribution in [2.24, 2.45) is 10.7 Å². The van der Waals surface area contributed by atoms with E-state index in [0.29, 0.717) is 11.7 Å². The van der Waals surface area contributed by atoms with E-state index in [-0.39, 0.29) is 5.25 Å². The van der Waals surface area contributed by atoms with E-state index in [1.807, 2.05) is 49.4 Å². The van der Waals surface area contributed by atoms with Gasteiger partial charge in [-0.15, -0.1) is 0 Å². The second kappa shape index (κ2) is 7.36. The van der Waals surface area contributed by atoms with Gasteiger partial charge in [0, 0.05) is 11.6 Å². The van der Waals surface area contributed by atoms with E-state index in [9.17, 15) is 0 Å². The Bertz CT molecular complexity index is 567. The smallest absolute Gasteiger partial charge is 0.154 e. The molecule has 2 aromatic carbocycles. The number of benzene rings is 2. The first kappa shape index (κ1) is 14.9. The van der Waals surface area contributed by atoms with Crippen LogP contribution in [0.1, 0.15) is 23.3 Å². The van der Waals surface area contributed by atoms with E-state index in [4.69, 9.17) is 17.3 Å². The third-order valence-corrected chi connectivity index (χ3v) is 4.23. The SMILES string of the molecule is CCN=C(N)S[C@H](c1ccccc1)c1ccc(Cl)cc1. The number of amidine groups is 1. The average molecular weight is 305 g/mol. The van der Waals surface area contributed by atoms with E-state index in [2.05, 4.69) is 17.1 Å². The predicted octanol–water partition coefficient (Wildman–Crippen LogP) is 4.50. The molecule has 2 nitrogen and oxygen atoms in total. The lowest BCUT2D eigenvalue weighted by atomic mass is 10.0. The summed E-state index contributed by atoms with van der Waals surface area (Å²) in [5, 5.41) is 1.47. The fourth-order valence-corrected chi connectivity index (χ4v) is 3.07. The van der Waals surface area contributed by atoms with Crippen LogP contribution in [0, 0.1) is 0 Å². The van der Waals surface area contributed by atoms with Crippen LogP contribution in [0.25, 0.3) is 0 Å². The third kappa shape index (κ3) is 4.02. The number of hydrogen-bond acceptors (Lipinski definition) is 2. The van der Waals surface area contributed by atoms with Gasteiger partial charge in [0.15, 0.2) is 5.17 Å². The molecular formula is C16H17ClN2S. The lowest BCUT2D eigenvalue weighted by Gasteiger charge is -2.17. The number of nitrogens with two attached hydrogens (primary N) is 1. The van der Waals surface area contributed by atoms with E-state index >= 15 is 0 Å². The van der Waals surface area contributed by atoms with Crippen LogP contribution in [0.4, 0.5) is 0 Å². The van der Waals surface area contributed by atoms with Crippen LogP contribution in [0.3, 0.4) is 0 Å². The Morgan fingerprint density at radius 3 is 2.30 bits per heavy atom. The molecule has 0 fully saturated rings. The van der Waals surface area contributed by atoms with Crippen LogP contribution in [-0.2, 0) is 0 Å². The summed E-state index contributed by atoms with van der Waals surface area (Å²) in [5.74, 6) is 0. The molecule has 0 spiro atoms. The molecule has 0 radical (unpaired) electrons. The minimum Gasteiger partial charge on any atom is -0.379 e. The molecule has 1 atom stereocenters. The van der Waals surface area contributed by atoms with Crippen molar-refractivity contribution >= 4 is 28.5 Å². The zero-order valence-electron chi connectivity index (χ0n) is 11.3. The second-order valence-corrected chi connectivity index (χ2v) is 5.83. The molecule has 0 aliphatic carbocycles. The number of rotatable bonds is 4. The Morgan fingerprint density at radius 1 is 1.10 bits per heavy atom. The molecule has 0 bridgehead atoms. The fraction of sp³-hybridized carbons (Fsp3) is 0.188. The molecule has 2 rings (SSSR count). The van der Waals surface area contributed by atoms with E-state index < -0.39 is 0 Å². The highest BCUT2D eigenvalue weighted by Crippen LogP contribution is 2.35. The largest absolute Gasteiger partial charge is 0.379 e. The number of hydrogen-bond donors (Lipinski definition) is 1. The number of thioether (sulfide) groups is 1. The highest BCUT2D eigenvalue weighted by Gasteiger charge is 2.16. The molecule has 0 saturated heterocycles. The lowest BCUT2D eigenvalue weighted by molar-refractivity contribution is 1.13. The molecule has 2 aromatic rings. The van der Waals surface area contributed by atoms with Gasteiger partial charge in [-0.2, -0.15) is 0 Å². The van der Waals surface area contributed by atoms with Gasteiger partial charge in [-0.1, -0.05) is 65.8 Å². The monoisotopic (exact) mass is 304 g/mol. The first-order chi connectivity index (χ1) is 9.70. The van der Waals surface area contributed by atoms with Crippen molar-refractivity contribution in [2.75, 3.05) is 6.54 Å². The van der Waals surface area contributed by atoms with E-state index in [0.717, 1.165) is 5.02 Å². The minimum atomic E-state index is 0.128. The Hall–Kier alpha value is -1.45. The Balaban J connectivity index is 2.34. The van der Waals surface area contributed by atoms with Gasteiger partial charge in [0.05, 0.1) is 5.25 Å². The molecule has 104 valence electrons. The maximum Gasteiger partial charge on any atom is 0.154 e. The van der Waals surface area contributed by atoms with Crippen molar-refractivity contribution in [1.82, 2.24) is 0 Å². The van der Waals surface area contributed by atoms with Crippen molar-refractivity contribution < 1.29 is 0 Å². The number of nitrogens with zero attached hydrogens (tertiary/aromatic N) is 1. The molecule has 0 saturated carbocycles. The molecule has 0 heterocycles. The molecule has 0 aliphatic heterocycles. The number of aliphatic imine (C=N–C) groups is 1. The molecule has 0 amide bonds. The Labute approximate surface area is 129 Å². The van der Waals surface area contributed by atoms with E-state index in [1.54, 1.807) is 11.8 Å². The second-order valence-electron chi connectivity index (χ2n) is 4.27. The maximum absolute atomic E-state index is 5.98. The molecule has 4 heteroatoms. The van der Waals surface area contributed by atoms with Crippen molar-refractivity contribution in [1.29, 1.82) is 0 Å². The summed E-state index contributed by atoms with van der Waals surface area (Å²) in [6.45, 7) is 2.67. The van der Waals surface area contributed by atoms with Gasteiger partial charge >= 0.3 is 0 Å². The fourth-order valence-electron chi connectivity index (χ4n) is 1.91. The lowest BCUT2D eigenvalue weighted by Crippen LogP contribution is -2.11. The average Bonchev–Trinajstić information content (AvgIpc) is 2.47. The molecule has 20 heavy (non-hydrogen) atoms. The summed E-state index contributed by atoms with van der Waals surface area (Å²) >= 11 is 7.53. The molecule has 0 aromatic heterocycles. The topological polar surface area (TPSA) is 38.4 Å². The Kier molecular flexibility index (Phi) is 5.50. The molecule has 0 aliphatic rings. The third-order valence-electron chi connectivity index (χ3n) is 2.83. The van der Waals surface area contributed by atoms with Crippen LogP contribution in [-0.4, -0.2) is 11.7 Å². The minimum absolute atomic E-state index is 0.128. The van der Waals surface area contributed by atoms with Crippen LogP contribution in [0.5, 0.6) is 0 Å². The highest BCUT2D eigenvalue weighted by atomic mass is 35.5. The standard InChI is InChI=1S/C16H17ClN2S/c1-2-19-16(18)20-15(12-6-4-3-5-7-12)13-8-10-14(17)11-9-13/h3-11,15H,2H2,1H3,(H2,18,19)/t15-/m1/s1. The van der Waals surface area contributed by atoms with Gasteiger partial charge in [-0.05, 0) is 30.2 Å². The summed E-state index contributed by atoms with van der Waals surface area (Å²) < 4.78 is 0. The highest BCUT2D eigenvalue weighted by molar-refractivity contribution is 8.14. The van der Waals surface area contributed by atoms with Crippen LogP contribution >= 0.6 is 23.4 Å². The number of halogens is 1. The summed E-state index contributed by atoms with van der Waals surface area (Å²) in [6.07, 6.45) is 0. The normalized spacial score (nSPS) is 13.2. The first-order valence-corrected chi connectivity index (χ1v) is 7.73. The summed E-state index contributed by atoms with van der Waals surface area (Å²) in [6, 6.07) is 18.2. The van der Waals surface area contributed by atoms with Crippen molar-refractivity contribution in [3.05, 3.63) is 70.7 Å². The first-order valence-electron chi connectivity index (χ1n) is 6.47. The van der Waals surface area contributed by atoms with Gasteiger partial charge in [-0.3, -0.25) is 4.99 Å². The molecule has 2 N–H and O–H groups in total. The van der Waals surface area contributed by atoms with Crippen LogP contribution < -0.4 is 5.73 Å². The van der Waals surface area contributed by atoms with Gasteiger partial charge in [0.1, 0.15) is 0 Å². The van der Waals surface area contributed by atoms with E-state index in [1.165, 1.54) is 11.1 Å². The van der Waals surface area contributed by atoms with Crippen molar-refractivity contribution in [2.45, 2.75) is 12.2 Å². The predicted molar refractivity (Wildman–Crippen MR) is 89.5 cm³/mol. The van der Waals surface area contributed by atoms with Gasteiger partial charge in [0.2, 0.25) is 0 Å². The van der Waals surface area contributed by atoms with Gasteiger partial charge in [-0.25, -0.2) is 0 Å². The van der Waals surface area contributed by atoms with Gasteiger partial charge < -0.3 is 5.73 Å². The maximum atomic E-state index is 5.98. The molecule has 0 unspecified atom stereocenters. The Morgan fingerprint density at radius 2 is 1.70 bits per heavy atom. The summed E-state index contributed by atoms with van der Waals surface area (Å²) in [7, 11) is 0. The zero-order chi connectivity index (χ0) is 14.4. The van der Waals surface area contributed by atoms with Crippen LogP contribution in [0.15, 0.2) is 59.6 Å². The van der Waals surface area contributed by atoms with Crippen LogP contribution in [0.2, 0.25) is 5.02 Å². The zero-order valence-corrected chi connectivity index (χ0v) is 12.9. The molecular weight excluding hydrogens is 288 g/mol. The quantitative estimate of drug-likeness (QED) is 0.667. The van der Waals surface area contributed by atoms with Crippen molar-refractivity contribution in [3.8, 4) is 0 Å². The van der Waals surface area contributed by atoms with Gasteiger partial charge in [0.25, 0.3) is 0 Å². The summed E-state index contributed by atoms with van der Waals surface area (Å²) in [5.41, 5.74) is 8.35. The van der Waals surface area contributed by atoms with Crippen molar-refractivity contribution in [3.63, 3.8) is 0 Å².